The van der Waals surface area contributed by atoms with Gasteiger partial charge in [0.15, 0.2) is 11.5 Å². The van der Waals surface area contributed by atoms with Gasteiger partial charge >= 0.3 is 0 Å². The summed E-state index contributed by atoms with van der Waals surface area (Å²) in [5, 5.41) is 15.7. The number of nitrogens with one attached hydrogen (secondary N) is 2. The van der Waals surface area contributed by atoms with Crippen molar-refractivity contribution < 1.29 is 19.4 Å². The summed E-state index contributed by atoms with van der Waals surface area (Å²) in [6.07, 6.45) is 1.67. The lowest BCUT2D eigenvalue weighted by Gasteiger charge is -2.12. The fourth-order valence-electron chi connectivity index (χ4n) is 3.10. The van der Waals surface area contributed by atoms with Crippen LogP contribution in [0.2, 0.25) is 0 Å². The van der Waals surface area contributed by atoms with E-state index >= 15 is 0 Å². The van der Waals surface area contributed by atoms with E-state index in [1.54, 1.807) is 30.5 Å². The van der Waals surface area contributed by atoms with E-state index in [9.17, 15) is 14.7 Å². The van der Waals surface area contributed by atoms with Gasteiger partial charge in [0.25, 0.3) is 0 Å². The zero-order valence-corrected chi connectivity index (χ0v) is 15.4. The van der Waals surface area contributed by atoms with Crippen molar-refractivity contribution in [3.63, 3.8) is 0 Å². The standard InChI is InChI=1S/C20H17N5O4/c1-29-16-5-3-12(8-15(16)26)23-20-22-9-11-7-17(27)24-14-6-10(19(21)28)2-4-13(14)18(11)25-20/h2-6,8-9,26H,7H2,1H3,(H2,21,28)(H,24,27)(H,22,23,25). The number of nitrogens with two attached hydrogens (primary N) is 1. The molecule has 9 heteroatoms. The first-order valence-electron chi connectivity index (χ1n) is 8.68. The minimum atomic E-state index is -0.587. The Morgan fingerprint density at radius 3 is 2.83 bits per heavy atom. The number of amides is 2. The Hall–Kier alpha value is -4.14. The third-order valence-electron chi connectivity index (χ3n) is 4.48. The van der Waals surface area contributed by atoms with Gasteiger partial charge in [0.2, 0.25) is 17.8 Å². The number of rotatable bonds is 4. The maximum Gasteiger partial charge on any atom is 0.248 e. The second kappa shape index (κ2) is 7.12. The Balaban J connectivity index is 1.74. The number of nitrogens with zero attached hydrogens (tertiary/aromatic N) is 2. The van der Waals surface area contributed by atoms with Crippen molar-refractivity contribution >= 4 is 29.1 Å². The average Bonchev–Trinajstić information content (AvgIpc) is 2.82. The molecule has 2 heterocycles. The predicted molar refractivity (Wildman–Crippen MR) is 106 cm³/mol. The van der Waals surface area contributed by atoms with Crippen LogP contribution >= 0.6 is 0 Å². The number of carbonyl (C=O) groups is 2. The Labute approximate surface area is 165 Å². The fourth-order valence-corrected chi connectivity index (χ4v) is 3.10. The van der Waals surface area contributed by atoms with Crippen LogP contribution in [-0.2, 0) is 11.2 Å². The monoisotopic (exact) mass is 391 g/mol. The molecule has 0 fully saturated rings. The number of carbonyl (C=O) groups excluding carboxylic acids is 2. The summed E-state index contributed by atoms with van der Waals surface area (Å²) in [7, 11) is 1.47. The van der Waals surface area contributed by atoms with E-state index < -0.39 is 5.91 Å². The van der Waals surface area contributed by atoms with E-state index in [1.165, 1.54) is 19.2 Å². The van der Waals surface area contributed by atoms with Crippen molar-refractivity contribution in [1.82, 2.24) is 9.97 Å². The SMILES string of the molecule is COc1ccc(Nc2ncc3c(n2)-c2ccc(C(N)=O)cc2NC(=O)C3)cc1O. The van der Waals surface area contributed by atoms with Gasteiger partial charge in [-0.3, -0.25) is 9.59 Å². The van der Waals surface area contributed by atoms with Gasteiger partial charge in [-0.1, -0.05) is 0 Å². The van der Waals surface area contributed by atoms with E-state index in [4.69, 9.17) is 10.5 Å². The highest BCUT2D eigenvalue weighted by Crippen LogP contribution is 2.34. The molecule has 4 rings (SSSR count). The van der Waals surface area contributed by atoms with Crippen LogP contribution in [0.25, 0.3) is 11.3 Å². The van der Waals surface area contributed by atoms with Crippen LogP contribution in [0.3, 0.4) is 0 Å². The largest absolute Gasteiger partial charge is 0.504 e. The highest BCUT2D eigenvalue weighted by atomic mass is 16.5. The molecule has 0 saturated heterocycles. The van der Waals surface area contributed by atoms with Crippen LogP contribution in [-0.4, -0.2) is 34.0 Å². The van der Waals surface area contributed by atoms with Gasteiger partial charge in [0, 0.05) is 34.6 Å². The lowest BCUT2D eigenvalue weighted by atomic mass is 10.0. The number of phenols is 1. The van der Waals surface area contributed by atoms with Gasteiger partial charge in [0.1, 0.15) is 0 Å². The lowest BCUT2D eigenvalue weighted by Crippen LogP contribution is -2.14. The molecule has 1 aromatic heterocycles. The second-order valence-corrected chi connectivity index (χ2v) is 6.43. The Morgan fingerprint density at radius 2 is 2.10 bits per heavy atom. The first-order valence-corrected chi connectivity index (χ1v) is 8.68. The van der Waals surface area contributed by atoms with E-state index in [2.05, 4.69) is 20.6 Å². The van der Waals surface area contributed by atoms with Crippen molar-refractivity contribution in [3.05, 3.63) is 53.7 Å². The van der Waals surface area contributed by atoms with Crippen molar-refractivity contribution in [2.75, 3.05) is 17.7 Å². The number of phenolic OH excluding ortho intramolecular Hbond substituents is 1. The molecule has 9 nitrogen and oxygen atoms in total. The molecule has 0 radical (unpaired) electrons. The Bertz CT molecular complexity index is 1150. The number of aromatic nitrogens is 2. The molecule has 1 aliphatic heterocycles. The number of methoxy groups -OCH3 is 1. The molecule has 0 saturated carbocycles. The van der Waals surface area contributed by atoms with Gasteiger partial charge in [-0.05, 0) is 30.3 Å². The normalized spacial score (nSPS) is 12.2. The first-order chi connectivity index (χ1) is 13.9. The van der Waals surface area contributed by atoms with Crippen molar-refractivity contribution in [2.45, 2.75) is 6.42 Å². The molecular weight excluding hydrogens is 374 g/mol. The molecule has 5 N–H and O–H groups in total. The molecular formula is C20H17N5O4. The zero-order valence-electron chi connectivity index (χ0n) is 15.4. The summed E-state index contributed by atoms with van der Waals surface area (Å²) in [4.78, 5) is 32.5. The van der Waals surface area contributed by atoms with Gasteiger partial charge in [-0.25, -0.2) is 9.97 Å². The van der Waals surface area contributed by atoms with Crippen LogP contribution in [0.1, 0.15) is 15.9 Å². The Morgan fingerprint density at radius 1 is 1.28 bits per heavy atom. The molecule has 0 bridgehead atoms. The molecule has 29 heavy (non-hydrogen) atoms. The minimum absolute atomic E-state index is 0.0219. The highest BCUT2D eigenvalue weighted by molar-refractivity contribution is 6.02. The molecule has 0 unspecified atom stereocenters. The maximum absolute atomic E-state index is 12.2. The highest BCUT2D eigenvalue weighted by Gasteiger charge is 2.22. The summed E-state index contributed by atoms with van der Waals surface area (Å²) < 4.78 is 5.03. The number of benzene rings is 2. The average molecular weight is 391 g/mol. The number of fused-ring (bicyclic) bond motifs is 3. The molecule has 3 aromatic rings. The minimum Gasteiger partial charge on any atom is -0.504 e. The summed E-state index contributed by atoms with van der Waals surface area (Å²) >= 11 is 0. The summed E-state index contributed by atoms with van der Waals surface area (Å²) in [6, 6.07) is 9.62. The molecule has 0 atom stereocenters. The topological polar surface area (TPSA) is 139 Å². The van der Waals surface area contributed by atoms with Crippen LogP contribution in [0.4, 0.5) is 17.3 Å². The van der Waals surface area contributed by atoms with Crippen LogP contribution in [0, 0.1) is 0 Å². The molecule has 2 aromatic carbocycles. The number of ether oxygens (including phenoxy) is 1. The first kappa shape index (κ1) is 18.2. The van der Waals surface area contributed by atoms with E-state index in [0.29, 0.717) is 33.9 Å². The van der Waals surface area contributed by atoms with Crippen LogP contribution in [0.15, 0.2) is 42.6 Å². The number of hydrogen-bond acceptors (Lipinski definition) is 7. The number of hydrogen-bond donors (Lipinski definition) is 4. The summed E-state index contributed by atoms with van der Waals surface area (Å²) in [6.45, 7) is 0. The molecule has 0 spiro atoms. The number of anilines is 3. The van der Waals surface area contributed by atoms with Crippen LogP contribution in [0.5, 0.6) is 11.5 Å². The van der Waals surface area contributed by atoms with Crippen molar-refractivity contribution in [1.29, 1.82) is 0 Å². The molecule has 1 aliphatic rings. The third kappa shape index (κ3) is 3.53. The van der Waals surface area contributed by atoms with Gasteiger partial charge in [-0.15, -0.1) is 0 Å². The van der Waals surface area contributed by atoms with Gasteiger partial charge in [0.05, 0.1) is 24.9 Å². The maximum atomic E-state index is 12.2. The van der Waals surface area contributed by atoms with Gasteiger partial charge < -0.3 is 26.2 Å². The Kier molecular flexibility index (Phi) is 4.47. The van der Waals surface area contributed by atoms with Crippen LogP contribution < -0.4 is 21.1 Å². The lowest BCUT2D eigenvalue weighted by molar-refractivity contribution is -0.115. The molecule has 0 aliphatic carbocycles. The van der Waals surface area contributed by atoms with Crippen molar-refractivity contribution in [2.24, 2.45) is 5.73 Å². The quantitative estimate of drug-likeness (QED) is 0.534. The number of aromatic hydroxyl groups is 1. The van der Waals surface area contributed by atoms with E-state index in [1.807, 2.05) is 0 Å². The van der Waals surface area contributed by atoms with Crippen molar-refractivity contribution in [3.8, 4) is 22.8 Å². The number of primary amides is 1. The molecule has 2 amide bonds. The summed E-state index contributed by atoms with van der Waals surface area (Å²) in [5.41, 5.74) is 8.51. The molecule has 146 valence electrons. The predicted octanol–water partition coefficient (Wildman–Crippen LogP) is 2.19. The summed E-state index contributed by atoms with van der Waals surface area (Å²) in [5.74, 6) is -0.215. The third-order valence-corrected chi connectivity index (χ3v) is 4.48. The fraction of sp³-hybridized carbons (Fsp3) is 0.100. The van der Waals surface area contributed by atoms with Gasteiger partial charge in [-0.2, -0.15) is 0 Å². The van der Waals surface area contributed by atoms with E-state index in [-0.39, 0.29) is 29.6 Å². The zero-order chi connectivity index (χ0) is 20.5. The second-order valence-electron chi connectivity index (χ2n) is 6.43. The smallest absolute Gasteiger partial charge is 0.248 e. The van der Waals surface area contributed by atoms with E-state index in [0.717, 1.165) is 0 Å².